The van der Waals surface area contributed by atoms with Gasteiger partial charge in [-0.2, -0.15) is 0 Å². The Balaban J connectivity index is 2.04. The Morgan fingerprint density at radius 2 is 2.54 bits per heavy atom. The summed E-state index contributed by atoms with van der Waals surface area (Å²) >= 11 is 1.95. The monoisotopic (exact) mass is 194 g/mol. The second kappa shape index (κ2) is 4.11. The largest absolute Gasteiger partial charge is 0.297 e. The Kier molecular flexibility index (Phi) is 2.86. The minimum absolute atomic E-state index is 0.408. The number of aromatic nitrogens is 1. The molecule has 1 fully saturated rings. The van der Waals surface area contributed by atoms with Gasteiger partial charge in [-0.25, -0.2) is 0 Å². The van der Waals surface area contributed by atoms with Gasteiger partial charge in [0, 0.05) is 18.0 Å². The summed E-state index contributed by atoms with van der Waals surface area (Å²) < 4.78 is 0. The van der Waals surface area contributed by atoms with Crippen LogP contribution in [-0.2, 0) is 0 Å². The quantitative estimate of drug-likeness (QED) is 0.781. The topological polar surface area (TPSA) is 24.9 Å². The Labute approximate surface area is 83.1 Å². The van der Waals surface area contributed by atoms with E-state index in [1.54, 1.807) is 0 Å². The van der Waals surface area contributed by atoms with Crippen molar-refractivity contribution in [3.8, 4) is 0 Å². The van der Waals surface area contributed by atoms with E-state index >= 15 is 0 Å². The average molecular weight is 194 g/mol. The molecule has 2 unspecified atom stereocenters. The molecule has 0 radical (unpaired) electrons. The molecular weight excluding hydrogens is 180 g/mol. The highest BCUT2D eigenvalue weighted by Crippen LogP contribution is 2.31. The van der Waals surface area contributed by atoms with Gasteiger partial charge < -0.3 is 0 Å². The summed E-state index contributed by atoms with van der Waals surface area (Å²) in [4.78, 5) is 4.35. The van der Waals surface area contributed by atoms with E-state index in [9.17, 15) is 0 Å². The predicted molar refractivity (Wildman–Crippen MR) is 56.7 cm³/mol. The molecule has 0 spiro atoms. The van der Waals surface area contributed by atoms with E-state index in [4.69, 9.17) is 0 Å². The number of thioether (sulfide) groups is 1. The normalized spacial score (nSPS) is 27.8. The van der Waals surface area contributed by atoms with Gasteiger partial charge in [0.05, 0.1) is 11.1 Å². The Morgan fingerprint density at radius 3 is 3.15 bits per heavy atom. The second-order valence-corrected chi connectivity index (χ2v) is 4.38. The van der Waals surface area contributed by atoms with Crippen molar-refractivity contribution in [2.45, 2.75) is 24.8 Å². The van der Waals surface area contributed by atoms with E-state index in [1.807, 2.05) is 30.1 Å². The van der Waals surface area contributed by atoms with Gasteiger partial charge in [-0.15, -0.1) is 11.8 Å². The van der Waals surface area contributed by atoms with Crippen LogP contribution >= 0.6 is 11.8 Å². The van der Waals surface area contributed by atoms with Crippen LogP contribution < -0.4 is 5.32 Å². The molecule has 0 saturated carbocycles. The fourth-order valence-electron chi connectivity index (χ4n) is 1.46. The summed E-state index contributed by atoms with van der Waals surface area (Å²) in [6.07, 6.45) is 3.06. The third-order valence-electron chi connectivity index (χ3n) is 2.30. The predicted octanol–water partition coefficient (Wildman–Crippen LogP) is 2.20. The van der Waals surface area contributed by atoms with Crippen molar-refractivity contribution in [1.82, 2.24) is 10.3 Å². The van der Waals surface area contributed by atoms with E-state index in [-0.39, 0.29) is 0 Å². The van der Waals surface area contributed by atoms with Crippen LogP contribution in [0.15, 0.2) is 24.4 Å². The highest BCUT2D eigenvalue weighted by Gasteiger charge is 2.24. The number of hydrogen-bond acceptors (Lipinski definition) is 3. The number of pyridine rings is 1. The maximum atomic E-state index is 4.35. The minimum Gasteiger partial charge on any atom is -0.297 e. The van der Waals surface area contributed by atoms with Crippen LogP contribution in [0.3, 0.4) is 0 Å². The van der Waals surface area contributed by atoms with Crippen molar-refractivity contribution >= 4 is 11.8 Å². The fourth-order valence-corrected chi connectivity index (χ4v) is 2.82. The number of rotatable bonds is 2. The van der Waals surface area contributed by atoms with Gasteiger partial charge in [0.2, 0.25) is 0 Å². The molecule has 2 nitrogen and oxygen atoms in total. The summed E-state index contributed by atoms with van der Waals surface area (Å²) in [5, 5.41) is 3.97. The van der Waals surface area contributed by atoms with E-state index < -0.39 is 0 Å². The Bertz CT molecular complexity index is 263. The lowest BCUT2D eigenvalue weighted by atomic mass is 10.2. The first kappa shape index (κ1) is 9.03. The highest BCUT2D eigenvalue weighted by molar-refractivity contribution is 7.99. The van der Waals surface area contributed by atoms with Crippen LogP contribution in [0.25, 0.3) is 0 Å². The molecule has 3 heteroatoms. The third kappa shape index (κ3) is 2.03. The maximum absolute atomic E-state index is 4.35. The van der Waals surface area contributed by atoms with E-state index in [1.165, 1.54) is 12.2 Å². The van der Waals surface area contributed by atoms with Gasteiger partial charge in [-0.3, -0.25) is 10.3 Å². The molecule has 0 amide bonds. The van der Waals surface area contributed by atoms with Gasteiger partial charge in [0.1, 0.15) is 0 Å². The zero-order valence-corrected chi connectivity index (χ0v) is 8.55. The molecule has 1 N–H and O–H groups in total. The second-order valence-electron chi connectivity index (χ2n) is 3.24. The summed E-state index contributed by atoms with van der Waals surface area (Å²) in [6.45, 7) is 2.22. The third-order valence-corrected chi connectivity index (χ3v) is 3.61. The fraction of sp³-hybridized carbons (Fsp3) is 0.500. The standard InChI is InChI=1S/C10H14N2S/c1-2-8-7-13-10(12-8)9-5-3-4-6-11-9/h3-6,8,10,12H,2,7H2,1H3. The van der Waals surface area contributed by atoms with E-state index in [2.05, 4.69) is 23.3 Å². The van der Waals surface area contributed by atoms with E-state index in [0.717, 1.165) is 5.69 Å². The molecule has 2 atom stereocenters. The van der Waals surface area contributed by atoms with Crippen molar-refractivity contribution in [2.24, 2.45) is 0 Å². The summed E-state index contributed by atoms with van der Waals surface area (Å²) in [5.74, 6) is 1.21. The average Bonchev–Trinajstić information content (AvgIpc) is 2.67. The number of nitrogens with zero attached hydrogens (tertiary/aromatic N) is 1. The summed E-state index contributed by atoms with van der Waals surface area (Å²) in [6, 6.07) is 6.75. The van der Waals surface area contributed by atoms with Gasteiger partial charge in [-0.1, -0.05) is 13.0 Å². The molecule has 2 heterocycles. The van der Waals surface area contributed by atoms with Gasteiger partial charge >= 0.3 is 0 Å². The molecule has 1 aromatic rings. The van der Waals surface area contributed by atoms with Gasteiger partial charge in [0.15, 0.2) is 0 Å². The van der Waals surface area contributed by atoms with Crippen molar-refractivity contribution in [3.63, 3.8) is 0 Å². The van der Waals surface area contributed by atoms with Gasteiger partial charge in [0.25, 0.3) is 0 Å². The van der Waals surface area contributed by atoms with Crippen LogP contribution in [0.1, 0.15) is 24.4 Å². The van der Waals surface area contributed by atoms with E-state index in [0.29, 0.717) is 11.4 Å². The lowest BCUT2D eigenvalue weighted by Gasteiger charge is -2.10. The van der Waals surface area contributed by atoms with Crippen molar-refractivity contribution in [2.75, 3.05) is 5.75 Å². The Morgan fingerprint density at radius 1 is 1.62 bits per heavy atom. The molecule has 70 valence electrons. The van der Waals surface area contributed by atoms with Crippen LogP contribution in [-0.4, -0.2) is 16.8 Å². The molecule has 1 aromatic heterocycles. The first-order chi connectivity index (χ1) is 6.40. The lowest BCUT2D eigenvalue weighted by molar-refractivity contribution is 0.556. The summed E-state index contributed by atoms with van der Waals surface area (Å²) in [5.41, 5.74) is 1.16. The molecular formula is C10H14N2S. The molecule has 1 aliphatic heterocycles. The lowest BCUT2D eigenvalue weighted by Crippen LogP contribution is -2.24. The number of hydrogen-bond donors (Lipinski definition) is 1. The molecule has 2 rings (SSSR count). The first-order valence-electron chi connectivity index (χ1n) is 4.68. The van der Waals surface area contributed by atoms with Crippen LogP contribution in [0.4, 0.5) is 0 Å². The number of nitrogens with one attached hydrogen (secondary N) is 1. The SMILES string of the molecule is CCC1CSC(c2ccccn2)N1. The minimum atomic E-state index is 0.408. The van der Waals surface area contributed by atoms with Crippen LogP contribution in [0, 0.1) is 0 Å². The first-order valence-corrected chi connectivity index (χ1v) is 5.73. The van der Waals surface area contributed by atoms with Crippen molar-refractivity contribution < 1.29 is 0 Å². The maximum Gasteiger partial charge on any atom is 0.0964 e. The zero-order chi connectivity index (χ0) is 9.10. The van der Waals surface area contributed by atoms with Crippen molar-refractivity contribution in [1.29, 1.82) is 0 Å². The molecule has 0 bridgehead atoms. The zero-order valence-electron chi connectivity index (χ0n) is 7.73. The Hall–Kier alpha value is -0.540. The molecule has 1 saturated heterocycles. The summed E-state index contributed by atoms with van der Waals surface area (Å²) in [7, 11) is 0. The molecule has 13 heavy (non-hydrogen) atoms. The smallest absolute Gasteiger partial charge is 0.0964 e. The van der Waals surface area contributed by atoms with Crippen LogP contribution in [0.2, 0.25) is 0 Å². The molecule has 1 aliphatic rings. The van der Waals surface area contributed by atoms with Crippen molar-refractivity contribution in [3.05, 3.63) is 30.1 Å². The van der Waals surface area contributed by atoms with Crippen LogP contribution in [0.5, 0.6) is 0 Å². The molecule has 0 aromatic carbocycles. The highest BCUT2D eigenvalue weighted by atomic mass is 32.2. The molecule has 0 aliphatic carbocycles. The van der Waals surface area contributed by atoms with Gasteiger partial charge in [-0.05, 0) is 18.6 Å².